The molecule has 1 aliphatic heterocycles. The first-order valence-electron chi connectivity index (χ1n) is 6.64. The smallest absolute Gasteiger partial charge is 0.0209 e. The van der Waals surface area contributed by atoms with Gasteiger partial charge < -0.3 is 10.2 Å². The Balaban J connectivity index is 2.18. The summed E-state index contributed by atoms with van der Waals surface area (Å²) in [5, 5.41) is 3.75. The molecule has 96 valence electrons. The van der Waals surface area contributed by atoms with E-state index in [0.29, 0.717) is 18.1 Å². The maximum absolute atomic E-state index is 3.75. The van der Waals surface area contributed by atoms with Crippen molar-refractivity contribution in [2.45, 2.75) is 51.7 Å². The van der Waals surface area contributed by atoms with E-state index < -0.39 is 0 Å². The van der Waals surface area contributed by atoms with Crippen molar-refractivity contribution in [3.8, 4) is 0 Å². The molecule has 0 bridgehead atoms. The van der Waals surface area contributed by atoms with E-state index in [-0.39, 0.29) is 0 Å². The van der Waals surface area contributed by atoms with Crippen LogP contribution in [0.3, 0.4) is 0 Å². The minimum atomic E-state index is 0.638. The first-order chi connectivity index (χ1) is 7.49. The van der Waals surface area contributed by atoms with Gasteiger partial charge in [0, 0.05) is 24.7 Å². The molecule has 0 saturated carbocycles. The molecule has 0 amide bonds. The van der Waals surface area contributed by atoms with Gasteiger partial charge in [0.05, 0.1) is 0 Å². The molecular weight excluding hydrogens is 198 g/mol. The van der Waals surface area contributed by atoms with E-state index in [1.54, 1.807) is 0 Å². The summed E-state index contributed by atoms with van der Waals surface area (Å²) in [6.45, 7) is 10.5. The topological polar surface area (TPSA) is 18.5 Å². The van der Waals surface area contributed by atoms with Crippen molar-refractivity contribution in [2.24, 2.45) is 0 Å². The second kappa shape index (κ2) is 6.58. The molecule has 0 aromatic heterocycles. The molecule has 2 unspecified atom stereocenters. The molecule has 0 aromatic rings. The van der Waals surface area contributed by atoms with Crippen LogP contribution in [0.25, 0.3) is 0 Å². The molecule has 1 N–H and O–H groups in total. The van der Waals surface area contributed by atoms with E-state index in [0.717, 1.165) is 0 Å². The maximum Gasteiger partial charge on any atom is 0.0209 e. The number of likely N-dealkylation sites (tertiary alicyclic amines) is 1. The van der Waals surface area contributed by atoms with Gasteiger partial charge >= 0.3 is 0 Å². The van der Waals surface area contributed by atoms with Crippen molar-refractivity contribution >= 4 is 0 Å². The summed E-state index contributed by atoms with van der Waals surface area (Å²) in [5.74, 6) is 0. The molecule has 0 aromatic carbocycles. The first-order valence-corrected chi connectivity index (χ1v) is 6.64. The lowest BCUT2D eigenvalue weighted by atomic mass is 10.2. The Morgan fingerprint density at radius 3 is 2.50 bits per heavy atom. The maximum atomic E-state index is 3.75. The number of hydrogen-bond acceptors (Lipinski definition) is 3. The Morgan fingerprint density at radius 1 is 1.31 bits per heavy atom. The zero-order valence-electron chi connectivity index (χ0n) is 11.7. The molecule has 0 spiro atoms. The van der Waals surface area contributed by atoms with Crippen molar-refractivity contribution in [2.75, 3.05) is 33.7 Å². The van der Waals surface area contributed by atoms with Gasteiger partial charge in [-0.15, -0.1) is 0 Å². The highest BCUT2D eigenvalue weighted by Crippen LogP contribution is 2.13. The monoisotopic (exact) mass is 227 g/mol. The van der Waals surface area contributed by atoms with Gasteiger partial charge in [-0.1, -0.05) is 0 Å². The van der Waals surface area contributed by atoms with Crippen molar-refractivity contribution in [3.05, 3.63) is 0 Å². The molecule has 1 saturated heterocycles. The van der Waals surface area contributed by atoms with Crippen molar-refractivity contribution in [1.82, 2.24) is 15.1 Å². The van der Waals surface area contributed by atoms with Crippen LogP contribution in [0.4, 0.5) is 0 Å². The lowest BCUT2D eigenvalue weighted by Crippen LogP contribution is -2.40. The van der Waals surface area contributed by atoms with Gasteiger partial charge in [0.1, 0.15) is 0 Å². The number of rotatable bonds is 6. The SMILES string of the molecule is CC(CCN(C)C)NC1CCN(C(C)C)C1. The van der Waals surface area contributed by atoms with Crippen LogP contribution in [0, 0.1) is 0 Å². The van der Waals surface area contributed by atoms with Crippen LogP contribution in [0.1, 0.15) is 33.6 Å². The highest BCUT2D eigenvalue weighted by molar-refractivity contribution is 4.84. The highest BCUT2D eigenvalue weighted by atomic mass is 15.2. The Hall–Kier alpha value is -0.120. The quantitative estimate of drug-likeness (QED) is 0.740. The van der Waals surface area contributed by atoms with Gasteiger partial charge in [0.2, 0.25) is 0 Å². The van der Waals surface area contributed by atoms with Crippen LogP contribution in [0.5, 0.6) is 0 Å². The van der Waals surface area contributed by atoms with Crippen molar-refractivity contribution < 1.29 is 0 Å². The normalized spacial score (nSPS) is 24.6. The fourth-order valence-corrected chi connectivity index (χ4v) is 2.33. The molecule has 1 rings (SSSR count). The van der Waals surface area contributed by atoms with Crippen molar-refractivity contribution in [1.29, 1.82) is 0 Å². The minimum absolute atomic E-state index is 0.638. The van der Waals surface area contributed by atoms with E-state index in [9.17, 15) is 0 Å². The highest BCUT2D eigenvalue weighted by Gasteiger charge is 2.24. The summed E-state index contributed by atoms with van der Waals surface area (Å²) in [7, 11) is 4.28. The van der Waals surface area contributed by atoms with E-state index in [1.807, 2.05) is 0 Å². The lowest BCUT2D eigenvalue weighted by molar-refractivity contribution is 0.263. The molecule has 1 aliphatic rings. The molecule has 2 atom stereocenters. The average Bonchev–Trinajstić information content (AvgIpc) is 2.63. The molecule has 0 aliphatic carbocycles. The Morgan fingerprint density at radius 2 is 2.00 bits per heavy atom. The number of nitrogens with one attached hydrogen (secondary N) is 1. The summed E-state index contributed by atoms with van der Waals surface area (Å²) < 4.78 is 0. The first kappa shape index (κ1) is 13.9. The van der Waals surface area contributed by atoms with Gasteiger partial charge in [-0.25, -0.2) is 0 Å². The Bertz CT molecular complexity index is 192. The van der Waals surface area contributed by atoms with Crippen LogP contribution in [0.2, 0.25) is 0 Å². The predicted molar refractivity (Wildman–Crippen MR) is 70.9 cm³/mol. The van der Waals surface area contributed by atoms with Crippen LogP contribution >= 0.6 is 0 Å². The van der Waals surface area contributed by atoms with Crippen LogP contribution in [-0.2, 0) is 0 Å². The third-order valence-electron chi connectivity index (χ3n) is 3.48. The summed E-state index contributed by atoms with van der Waals surface area (Å²) in [5.41, 5.74) is 0. The zero-order valence-corrected chi connectivity index (χ0v) is 11.7. The summed E-state index contributed by atoms with van der Waals surface area (Å²) in [6, 6.07) is 2.04. The van der Waals surface area contributed by atoms with Gasteiger partial charge in [-0.3, -0.25) is 4.90 Å². The summed E-state index contributed by atoms with van der Waals surface area (Å²) >= 11 is 0. The minimum Gasteiger partial charge on any atom is -0.310 e. The fourth-order valence-electron chi connectivity index (χ4n) is 2.33. The van der Waals surface area contributed by atoms with Crippen molar-refractivity contribution in [3.63, 3.8) is 0 Å². The van der Waals surface area contributed by atoms with Gasteiger partial charge in [-0.2, -0.15) is 0 Å². The molecule has 16 heavy (non-hydrogen) atoms. The van der Waals surface area contributed by atoms with Crippen LogP contribution in [-0.4, -0.2) is 61.7 Å². The largest absolute Gasteiger partial charge is 0.310 e. The number of hydrogen-bond donors (Lipinski definition) is 1. The van der Waals surface area contributed by atoms with E-state index >= 15 is 0 Å². The summed E-state index contributed by atoms with van der Waals surface area (Å²) in [4.78, 5) is 4.82. The molecule has 1 fully saturated rings. The molecular formula is C13H29N3. The molecule has 0 radical (unpaired) electrons. The average molecular weight is 227 g/mol. The van der Waals surface area contributed by atoms with E-state index in [4.69, 9.17) is 0 Å². The second-order valence-corrected chi connectivity index (χ2v) is 5.73. The lowest BCUT2D eigenvalue weighted by Gasteiger charge is -2.23. The standard InChI is InChI=1S/C13H29N3/c1-11(2)16-9-7-13(10-16)14-12(3)6-8-15(4)5/h11-14H,6-10H2,1-5H3. The third-order valence-corrected chi connectivity index (χ3v) is 3.48. The zero-order chi connectivity index (χ0) is 12.1. The predicted octanol–water partition coefficient (Wildman–Crippen LogP) is 1.40. The van der Waals surface area contributed by atoms with Gasteiger partial charge in [0.15, 0.2) is 0 Å². The molecule has 1 heterocycles. The Labute approximate surface area is 101 Å². The van der Waals surface area contributed by atoms with E-state index in [1.165, 1.54) is 32.5 Å². The summed E-state index contributed by atoms with van der Waals surface area (Å²) in [6.07, 6.45) is 2.55. The van der Waals surface area contributed by atoms with Gasteiger partial charge in [0.25, 0.3) is 0 Å². The molecule has 3 heteroatoms. The fraction of sp³-hybridized carbons (Fsp3) is 1.00. The molecule has 3 nitrogen and oxygen atoms in total. The van der Waals surface area contributed by atoms with Gasteiger partial charge in [-0.05, 0) is 60.8 Å². The van der Waals surface area contributed by atoms with Crippen LogP contribution < -0.4 is 5.32 Å². The van der Waals surface area contributed by atoms with E-state index in [2.05, 4.69) is 50.0 Å². The second-order valence-electron chi connectivity index (χ2n) is 5.73. The number of nitrogens with zero attached hydrogens (tertiary/aromatic N) is 2. The Kier molecular flexibility index (Phi) is 5.73. The van der Waals surface area contributed by atoms with Crippen LogP contribution in [0.15, 0.2) is 0 Å². The third kappa shape index (κ3) is 4.81.